The summed E-state index contributed by atoms with van der Waals surface area (Å²) in [7, 11) is -3.49. The zero-order valence-electron chi connectivity index (χ0n) is 15.1. The highest BCUT2D eigenvalue weighted by atomic mass is 32.2. The molecular formula is C18H16N4O6S. The van der Waals surface area contributed by atoms with E-state index in [1.807, 2.05) is 0 Å². The largest absolute Gasteiger partial charge is 0.452 e. The number of nitrogens with zero attached hydrogens (tertiary/aromatic N) is 3. The molecule has 10 nitrogen and oxygen atoms in total. The van der Waals surface area contributed by atoms with Gasteiger partial charge in [-0.15, -0.1) is 4.40 Å². The second-order valence-electron chi connectivity index (χ2n) is 6.47. The van der Waals surface area contributed by atoms with E-state index in [0.717, 1.165) is 0 Å². The molecule has 0 radical (unpaired) electrons. The molecule has 0 unspecified atom stereocenters. The van der Waals surface area contributed by atoms with Crippen LogP contribution in [-0.2, 0) is 29.1 Å². The SMILES string of the molecule is O=C1CN(C(=O)COC(=O)C2=CN3CCS(=O)(=O)N=C3C=C2)c2ccccc2N1. The number of rotatable bonds is 3. The summed E-state index contributed by atoms with van der Waals surface area (Å²) in [5, 5.41) is 2.68. The van der Waals surface area contributed by atoms with Crippen molar-refractivity contribution in [2.24, 2.45) is 4.40 Å². The Balaban J connectivity index is 1.42. The fourth-order valence-corrected chi connectivity index (χ4v) is 4.04. The Hall–Kier alpha value is -3.47. The third kappa shape index (κ3) is 3.90. The second kappa shape index (κ2) is 7.17. The molecule has 4 rings (SSSR count). The van der Waals surface area contributed by atoms with Crippen LogP contribution in [0.1, 0.15) is 0 Å². The lowest BCUT2D eigenvalue weighted by Gasteiger charge is -2.29. The Bertz CT molecular complexity index is 1110. The third-order valence-electron chi connectivity index (χ3n) is 4.46. The van der Waals surface area contributed by atoms with Gasteiger partial charge in [-0.25, -0.2) is 13.2 Å². The van der Waals surface area contributed by atoms with Gasteiger partial charge in [0.2, 0.25) is 5.91 Å². The Morgan fingerprint density at radius 3 is 2.83 bits per heavy atom. The van der Waals surface area contributed by atoms with Crippen LogP contribution in [0.3, 0.4) is 0 Å². The Kier molecular flexibility index (Phi) is 4.66. The number of esters is 1. The number of carbonyl (C=O) groups is 3. The molecule has 3 heterocycles. The van der Waals surface area contributed by atoms with E-state index < -0.39 is 28.5 Å². The predicted octanol–water partition coefficient (Wildman–Crippen LogP) is 0.0125. The molecule has 2 amide bonds. The van der Waals surface area contributed by atoms with Crippen LogP contribution in [0.4, 0.5) is 11.4 Å². The first kappa shape index (κ1) is 18.9. The monoisotopic (exact) mass is 416 g/mol. The van der Waals surface area contributed by atoms with Crippen LogP contribution >= 0.6 is 0 Å². The van der Waals surface area contributed by atoms with Crippen LogP contribution in [0, 0.1) is 0 Å². The summed E-state index contributed by atoms with van der Waals surface area (Å²) >= 11 is 0. The van der Waals surface area contributed by atoms with Gasteiger partial charge in [0.05, 0.1) is 22.7 Å². The molecule has 0 aliphatic carbocycles. The summed E-state index contributed by atoms with van der Waals surface area (Å²) in [5.74, 6) is -1.55. The molecule has 0 fully saturated rings. The van der Waals surface area contributed by atoms with Gasteiger partial charge in [-0.05, 0) is 24.3 Å². The Labute approximate surface area is 166 Å². The molecule has 1 N–H and O–H groups in total. The lowest BCUT2D eigenvalue weighted by atomic mass is 10.2. The zero-order valence-corrected chi connectivity index (χ0v) is 15.9. The lowest BCUT2D eigenvalue weighted by molar-refractivity contribution is -0.143. The van der Waals surface area contributed by atoms with Gasteiger partial charge in [0.25, 0.3) is 15.9 Å². The van der Waals surface area contributed by atoms with Gasteiger partial charge in [-0.2, -0.15) is 0 Å². The van der Waals surface area contributed by atoms with Gasteiger partial charge in [-0.1, -0.05) is 12.1 Å². The number of carbonyl (C=O) groups excluding carboxylic acids is 3. The van der Waals surface area contributed by atoms with Crippen LogP contribution in [-0.4, -0.2) is 62.4 Å². The van der Waals surface area contributed by atoms with Gasteiger partial charge < -0.3 is 15.0 Å². The first-order valence-corrected chi connectivity index (χ1v) is 10.3. The number of hydrogen-bond acceptors (Lipinski definition) is 7. The molecular weight excluding hydrogens is 400 g/mol. The van der Waals surface area contributed by atoms with Crippen molar-refractivity contribution < 1.29 is 27.5 Å². The maximum atomic E-state index is 12.5. The van der Waals surface area contributed by atoms with Crippen LogP contribution in [0.5, 0.6) is 0 Å². The Morgan fingerprint density at radius 2 is 2.00 bits per heavy atom. The van der Waals surface area contributed by atoms with Crippen molar-refractivity contribution in [3.05, 3.63) is 48.2 Å². The van der Waals surface area contributed by atoms with Gasteiger partial charge >= 0.3 is 5.97 Å². The van der Waals surface area contributed by atoms with Gasteiger partial charge in [0, 0.05) is 12.7 Å². The van der Waals surface area contributed by atoms with Crippen LogP contribution in [0.15, 0.2) is 52.6 Å². The summed E-state index contributed by atoms with van der Waals surface area (Å²) in [4.78, 5) is 39.5. The highest BCUT2D eigenvalue weighted by Crippen LogP contribution is 2.28. The number of nitrogens with one attached hydrogen (secondary N) is 1. The van der Waals surface area contributed by atoms with Crippen molar-refractivity contribution in [3.63, 3.8) is 0 Å². The molecule has 11 heteroatoms. The number of ether oxygens (including phenoxy) is 1. The normalized spacial score (nSPS) is 19.4. The molecule has 3 aliphatic heterocycles. The molecule has 0 spiro atoms. The number of fused-ring (bicyclic) bond motifs is 2. The summed E-state index contributed by atoms with van der Waals surface area (Å²) in [5.41, 5.74) is 1.20. The molecule has 150 valence electrons. The quantitative estimate of drug-likeness (QED) is 0.688. The predicted molar refractivity (Wildman–Crippen MR) is 104 cm³/mol. The van der Waals surface area contributed by atoms with Crippen LogP contribution < -0.4 is 10.2 Å². The summed E-state index contributed by atoms with van der Waals surface area (Å²) < 4.78 is 31.8. The van der Waals surface area contributed by atoms with Crippen molar-refractivity contribution in [1.29, 1.82) is 0 Å². The average molecular weight is 416 g/mol. The van der Waals surface area contributed by atoms with E-state index in [2.05, 4.69) is 9.71 Å². The number of amidine groups is 1. The van der Waals surface area contributed by atoms with E-state index in [9.17, 15) is 22.8 Å². The number of amides is 2. The first-order valence-electron chi connectivity index (χ1n) is 8.68. The standard InChI is InChI=1S/C18H16N4O6S/c23-16-10-22(14-4-2-1-3-13(14)19-16)17(24)11-28-18(25)12-5-6-15-20-29(26,27)8-7-21(15)9-12/h1-6,9H,7-8,10-11H2,(H,19,23). The second-order valence-corrected chi connectivity index (χ2v) is 8.22. The molecule has 0 saturated heterocycles. The first-order chi connectivity index (χ1) is 13.8. The summed E-state index contributed by atoms with van der Waals surface area (Å²) in [6, 6.07) is 6.83. The summed E-state index contributed by atoms with van der Waals surface area (Å²) in [6.45, 7) is -0.542. The van der Waals surface area contributed by atoms with Crippen LogP contribution in [0.2, 0.25) is 0 Å². The van der Waals surface area contributed by atoms with Gasteiger partial charge in [0.1, 0.15) is 12.4 Å². The molecule has 0 saturated carbocycles. The van der Waals surface area contributed by atoms with Gasteiger partial charge in [0.15, 0.2) is 6.61 Å². The van der Waals surface area contributed by atoms with Crippen molar-refractivity contribution in [1.82, 2.24) is 4.90 Å². The van der Waals surface area contributed by atoms with E-state index in [1.165, 1.54) is 28.2 Å². The van der Waals surface area contributed by atoms with E-state index in [-0.39, 0.29) is 36.2 Å². The van der Waals surface area contributed by atoms with Crippen molar-refractivity contribution >= 4 is 45.0 Å². The smallest absolute Gasteiger partial charge is 0.340 e. The van der Waals surface area contributed by atoms with Crippen LogP contribution in [0.25, 0.3) is 0 Å². The molecule has 0 aromatic heterocycles. The number of hydrogen-bond donors (Lipinski definition) is 1. The van der Waals surface area contributed by atoms with Crippen molar-refractivity contribution in [2.45, 2.75) is 0 Å². The minimum absolute atomic E-state index is 0.155. The molecule has 0 atom stereocenters. The average Bonchev–Trinajstić information content (AvgIpc) is 2.70. The molecule has 1 aromatic rings. The van der Waals surface area contributed by atoms with Crippen molar-refractivity contribution in [2.75, 3.05) is 35.7 Å². The summed E-state index contributed by atoms with van der Waals surface area (Å²) in [6.07, 6.45) is 4.22. The molecule has 3 aliphatic rings. The maximum Gasteiger partial charge on any atom is 0.340 e. The number of anilines is 2. The fourth-order valence-electron chi connectivity index (χ4n) is 3.07. The van der Waals surface area contributed by atoms with E-state index in [0.29, 0.717) is 11.4 Å². The van der Waals surface area contributed by atoms with Crippen molar-refractivity contribution in [3.8, 4) is 0 Å². The minimum Gasteiger partial charge on any atom is -0.452 e. The number of para-hydroxylation sites is 2. The number of sulfonamides is 1. The molecule has 1 aromatic carbocycles. The number of benzene rings is 1. The highest BCUT2D eigenvalue weighted by Gasteiger charge is 2.29. The Morgan fingerprint density at radius 1 is 1.21 bits per heavy atom. The van der Waals surface area contributed by atoms with E-state index >= 15 is 0 Å². The highest BCUT2D eigenvalue weighted by molar-refractivity contribution is 7.90. The molecule has 0 bridgehead atoms. The third-order valence-corrected chi connectivity index (χ3v) is 5.62. The lowest BCUT2D eigenvalue weighted by Crippen LogP contribution is -2.44. The van der Waals surface area contributed by atoms with E-state index in [1.54, 1.807) is 24.3 Å². The molecule has 29 heavy (non-hydrogen) atoms. The maximum absolute atomic E-state index is 12.5. The van der Waals surface area contributed by atoms with Gasteiger partial charge in [-0.3, -0.25) is 14.5 Å². The topological polar surface area (TPSA) is 125 Å². The fraction of sp³-hybridized carbons (Fsp3) is 0.222. The van der Waals surface area contributed by atoms with E-state index in [4.69, 9.17) is 4.74 Å². The minimum atomic E-state index is -3.49. The zero-order chi connectivity index (χ0) is 20.6.